The summed E-state index contributed by atoms with van der Waals surface area (Å²) in [4.78, 5) is 50.9. The molecule has 0 spiro atoms. The van der Waals surface area contributed by atoms with E-state index in [0.717, 1.165) is 95.0 Å². The minimum atomic E-state index is -4.77. The quantitative estimate of drug-likeness (QED) is 0.0751. The summed E-state index contributed by atoms with van der Waals surface area (Å²) in [6.45, 7) is 8.00. The molecule has 0 amide bonds. The molecule has 6 N–H and O–H groups in total. The third-order valence-corrected chi connectivity index (χ3v) is 14.7. The number of alkyl halides is 3. The maximum atomic E-state index is 12.6. The molecule has 9 heterocycles. The number of nitrogens with zero attached hydrogens (tertiary/aromatic N) is 12. The minimum absolute atomic E-state index is 0.326. The highest BCUT2D eigenvalue weighted by molar-refractivity contribution is 6.33. The fourth-order valence-electron chi connectivity index (χ4n) is 10.6. The van der Waals surface area contributed by atoms with Crippen molar-refractivity contribution >= 4 is 107 Å². The summed E-state index contributed by atoms with van der Waals surface area (Å²) >= 11 is 6.31. The van der Waals surface area contributed by atoms with Gasteiger partial charge in [-0.05, 0) is 73.5 Å². The third-order valence-electron chi connectivity index (χ3n) is 14.3. The highest BCUT2D eigenvalue weighted by Crippen LogP contribution is 2.39. The molecule has 1 fully saturated rings. The summed E-state index contributed by atoms with van der Waals surface area (Å²) in [6.07, 6.45) is 10.8. The van der Waals surface area contributed by atoms with Gasteiger partial charge in [0, 0.05) is 74.2 Å². The lowest BCUT2D eigenvalue weighted by Crippen LogP contribution is -2.17. The number of H-pyrrole nitrogens is 3. The van der Waals surface area contributed by atoms with E-state index in [1.54, 1.807) is 18.7 Å². The Morgan fingerprint density at radius 2 is 0.920 bits per heavy atom. The number of aromatic nitrogens is 15. The van der Waals surface area contributed by atoms with Crippen molar-refractivity contribution in [1.82, 2.24) is 73.5 Å². The average Bonchev–Trinajstić information content (AvgIpc) is 1.92. The third kappa shape index (κ3) is 12.4. The van der Waals surface area contributed by atoms with Crippen molar-refractivity contribution in [2.45, 2.75) is 65.8 Å². The molecule has 87 heavy (non-hydrogen) atoms. The van der Waals surface area contributed by atoms with Crippen LogP contribution >= 0.6 is 11.6 Å². The van der Waals surface area contributed by atoms with Crippen molar-refractivity contribution in [3.63, 3.8) is 0 Å². The maximum Gasteiger partial charge on any atom is 0.573 e. The predicted octanol–water partition coefficient (Wildman–Crippen LogP) is 16.0. The zero-order valence-electron chi connectivity index (χ0n) is 48.7. The van der Waals surface area contributed by atoms with Gasteiger partial charge in [-0.15, -0.1) is 13.2 Å². The number of ether oxygens (including phenoxy) is 1. The smallest absolute Gasteiger partial charge is 0.406 e. The van der Waals surface area contributed by atoms with Crippen LogP contribution in [0.5, 0.6) is 5.75 Å². The molecule has 9 aromatic heterocycles. The number of halogens is 4. The van der Waals surface area contributed by atoms with Crippen LogP contribution in [0.3, 0.4) is 0 Å². The first-order chi connectivity index (χ1) is 42.4. The van der Waals surface area contributed by atoms with Gasteiger partial charge in [-0.2, -0.15) is 0 Å². The van der Waals surface area contributed by atoms with Gasteiger partial charge in [-0.25, -0.2) is 44.9 Å². The lowest BCUT2D eigenvalue weighted by atomic mass is 10.2. The van der Waals surface area contributed by atoms with E-state index in [-0.39, 0.29) is 5.75 Å². The molecule has 1 saturated carbocycles. The first-order valence-electron chi connectivity index (χ1n) is 28.5. The number of hydrogen-bond donors (Lipinski definition) is 6. The van der Waals surface area contributed by atoms with Gasteiger partial charge in [0.2, 0.25) is 0 Å². The van der Waals surface area contributed by atoms with Gasteiger partial charge in [0.25, 0.3) is 0 Å². The van der Waals surface area contributed by atoms with Crippen LogP contribution in [0.4, 0.5) is 42.0 Å². The summed E-state index contributed by atoms with van der Waals surface area (Å²) in [5.74, 6) is 3.98. The molecule has 19 nitrogen and oxygen atoms in total. The van der Waals surface area contributed by atoms with Crippen LogP contribution in [0.2, 0.25) is 5.02 Å². The predicted molar refractivity (Wildman–Crippen MR) is 341 cm³/mol. The summed E-state index contributed by atoms with van der Waals surface area (Å²) in [6, 6.07) is 37.4. The van der Waals surface area contributed by atoms with Gasteiger partial charge >= 0.3 is 6.36 Å². The van der Waals surface area contributed by atoms with E-state index >= 15 is 0 Å². The van der Waals surface area contributed by atoms with Crippen molar-refractivity contribution in [3.8, 4) is 39.9 Å². The number of para-hydroxylation sites is 7. The zero-order valence-corrected chi connectivity index (χ0v) is 49.5. The highest BCUT2D eigenvalue weighted by Gasteiger charge is 2.31. The van der Waals surface area contributed by atoms with Gasteiger partial charge in [-0.3, -0.25) is 0 Å². The molecule has 442 valence electrons. The Balaban J connectivity index is 0.000000132. The molecule has 5 aromatic carbocycles. The Labute approximate surface area is 502 Å². The minimum Gasteiger partial charge on any atom is -0.406 e. The summed E-state index contributed by atoms with van der Waals surface area (Å²) in [7, 11) is 5.82. The second kappa shape index (κ2) is 25.5. The van der Waals surface area contributed by atoms with Crippen LogP contribution in [0.1, 0.15) is 53.4 Å². The van der Waals surface area contributed by atoms with Crippen LogP contribution < -0.4 is 20.7 Å². The van der Waals surface area contributed by atoms with Crippen molar-refractivity contribution in [2.24, 2.45) is 21.1 Å². The Hall–Kier alpha value is -10.4. The summed E-state index contributed by atoms with van der Waals surface area (Å²) in [5, 5.41) is 13.3. The number of anilines is 5. The molecule has 23 heteroatoms. The van der Waals surface area contributed by atoms with Crippen molar-refractivity contribution in [1.29, 1.82) is 0 Å². The van der Waals surface area contributed by atoms with Crippen LogP contribution in [-0.4, -0.2) is 85.9 Å². The van der Waals surface area contributed by atoms with Gasteiger partial charge < -0.3 is 49.3 Å². The molecule has 0 radical (unpaired) electrons. The SMILES string of the molecule is CC.CC.Cn1cc(-c2nc3ccccc3[nH]2)c2c(NC3CCCC3)ncnc21.Cn1cc(-c2nc3ccccc3[nH]2)c2c(Nc3cccc(OC(F)(F)F)c3)ncnc21.Cn1cc(-c2nc3ccccc3[nH]2)c2c(Nc3ccccc3Cl)ncnc21. The largest absolute Gasteiger partial charge is 0.573 e. The van der Waals surface area contributed by atoms with Gasteiger partial charge in [0.1, 0.15) is 76.6 Å². The van der Waals surface area contributed by atoms with E-state index in [1.807, 2.05) is 172 Å². The van der Waals surface area contributed by atoms with Gasteiger partial charge in [-0.1, -0.05) is 107 Å². The lowest BCUT2D eigenvalue weighted by molar-refractivity contribution is -0.274. The van der Waals surface area contributed by atoms with Crippen LogP contribution in [-0.2, 0) is 21.1 Å². The van der Waals surface area contributed by atoms with E-state index in [2.05, 4.69) is 76.7 Å². The van der Waals surface area contributed by atoms with Crippen molar-refractivity contribution in [2.75, 3.05) is 16.0 Å². The van der Waals surface area contributed by atoms with Crippen LogP contribution in [0, 0.1) is 0 Å². The molecule has 0 aliphatic heterocycles. The van der Waals surface area contributed by atoms with Crippen molar-refractivity contribution < 1.29 is 17.9 Å². The molecular formula is C64H62ClF3N18O. The average molecular weight is 1190 g/mol. The number of hydrogen-bond acceptors (Lipinski definition) is 13. The number of fused-ring (bicyclic) bond motifs is 6. The van der Waals surface area contributed by atoms with Crippen LogP contribution in [0.15, 0.2) is 159 Å². The number of nitrogens with one attached hydrogen (secondary N) is 6. The molecule has 0 saturated heterocycles. The van der Waals surface area contributed by atoms with E-state index in [9.17, 15) is 13.2 Å². The second-order valence-electron chi connectivity index (χ2n) is 20.0. The monoisotopic (exact) mass is 1190 g/mol. The highest BCUT2D eigenvalue weighted by atomic mass is 35.5. The number of rotatable bonds is 10. The first kappa shape index (κ1) is 58.4. The second-order valence-corrected chi connectivity index (χ2v) is 20.4. The first-order valence-corrected chi connectivity index (χ1v) is 28.9. The summed E-state index contributed by atoms with van der Waals surface area (Å²) in [5.41, 5.74) is 11.9. The van der Waals surface area contributed by atoms with Crippen LogP contribution in [0.25, 0.3) is 100 Å². The van der Waals surface area contributed by atoms with E-state index < -0.39 is 6.36 Å². The normalized spacial score (nSPS) is 12.3. The van der Waals surface area contributed by atoms with Gasteiger partial charge in [0.15, 0.2) is 0 Å². The molecule has 0 bridgehead atoms. The number of imidazole rings is 3. The topological polar surface area (TPSA) is 223 Å². The van der Waals surface area contributed by atoms with E-state index in [0.29, 0.717) is 45.2 Å². The fraction of sp³-hybridized carbons (Fsp3) is 0.203. The Bertz CT molecular complexity index is 4590. The summed E-state index contributed by atoms with van der Waals surface area (Å²) < 4.78 is 47.5. The molecule has 15 rings (SSSR count). The van der Waals surface area contributed by atoms with Gasteiger partial charge in [0.05, 0.1) is 60.0 Å². The van der Waals surface area contributed by atoms with E-state index in [1.165, 1.54) is 50.2 Å². The molecule has 14 aromatic rings. The zero-order chi connectivity index (χ0) is 60.8. The molecule has 1 aliphatic carbocycles. The lowest BCUT2D eigenvalue weighted by Gasteiger charge is -2.13. The number of benzene rings is 5. The fourth-order valence-corrected chi connectivity index (χ4v) is 10.8. The van der Waals surface area contributed by atoms with E-state index in [4.69, 9.17) is 21.6 Å². The van der Waals surface area contributed by atoms with Crippen molar-refractivity contribution in [3.05, 3.63) is 164 Å². The number of aryl methyl sites for hydroxylation is 3. The number of aromatic amines is 3. The Kier molecular flexibility index (Phi) is 17.1. The maximum absolute atomic E-state index is 12.6. The Morgan fingerprint density at radius 1 is 0.506 bits per heavy atom. The Morgan fingerprint density at radius 3 is 1.37 bits per heavy atom. The molecule has 0 unspecified atom stereocenters. The molecular weight excluding hydrogens is 1130 g/mol. The standard InChI is InChI=1S/C21H15F3N6O.C20H15ClN6.C19H20N6.2C2H6/c1-30-10-14(18-28-15-7-2-3-8-16(15)29-18)17-19(25-11-26-20(17)30)27-12-5-4-6-13(9-12)31-21(22,23)24;1-27-10-12(18-25-15-8-4-5-9-16(15)26-18)17-19(22-11-23-20(17)27)24-14-7-3-2-6-13(14)21;1-25-10-13(17-23-14-8-4-5-9-15(14)24-17)16-18(20-11-21-19(16)25)22-12-6-2-3-7-12;2*1-2/h2-11H,1H3,(H,28,29)(H,25,26,27);2-11H,1H3,(H,25,26)(H,22,23,24);4-5,8-12H,2-3,6-7H2,1H3,(H,23,24)(H,20,21,22);2*1-2H3. The molecule has 1 aliphatic rings. The molecule has 0 atom stereocenters.